The van der Waals surface area contributed by atoms with Gasteiger partial charge in [-0.2, -0.15) is 0 Å². The van der Waals surface area contributed by atoms with Gasteiger partial charge in [0, 0.05) is 12.2 Å². The van der Waals surface area contributed by atoms with Gasteiger partial charge in [0.25, 0.3) is 0 Å². The van der Waals surface area contributed by atoms with Gasteiger partial charge in [0.15, 0.2) is 17.1 Å². The highest BCUT2D eigenvalue weighted by Crippen LogP contribution is 2.24. The van der Waals surface area contributed by atoms with Crippen LogP contribution in [0.1, 0.15) is 36.9 Å². The number of nitrogens with zero attached hydrogens (tertiary/aromatic N) is 3. The Morgan fingerprint density at radius 2 is 1.90 bits per heavy atom. The van der Waals surface area contributed by atoms with E-state index in [0.717, 1.165) is 22.8 Å². The summed E-state index contributed by atoms with van der Waals surface area (Å²) < 4.78 is 7.96. The number of rotatable bonds is 8. The molecule has 1 aromatic heterocycles. The van der Waals surface area contributed by atoms with Crippen molar-refractivity contribution in [2.24, 2.45) is 0 Å². The van der Waals surface area contributed by atoms with E-state index in [1.807, 2.05) is 73.9 Å². The zero-order valence-corrected chi connectivity index (χ0v) is 18.0. The van der Waals surface area contributed by atoms with Crippen molar-refractivity contribution in [3.8, 4) is 5.75 Å². The van der Waals surface area contributed by atoms with Crippen LogP contribution in [0, 0.1) is 13.8 Å². The van der Waals surface area contributed by atoms with Crippen LogP contribution in [0.2, 0.25) is 0 Å². The molecule has 0 aliphatic carbocycles. The van der Waals surface area contributed by atoms with Crippen LogP contribution in [0.5, 0.6) is 5.75 Å². The van der Waals surface area contributed by atoms with Crippen LogP contribution in [-0.4, -0.2) is 26.4 Å². The Morgan fingerprint density at radius 3 is 2.59 bits per heavy atom. The number of aromatic nitrogens is 3. The normalized spacial score (nSPS) is 11.9. The maximum absolute atomic E-state index is 12.3. The van der Waals surface area contributed by atoms with Gasteiger partial charge in [-0.25, -0.2) is 0 Å². The van der Waals surface area contributed by atoms with Crippen molar-refractivity contribution in [1.29, 1.82) is 0 Å². The molecule has 1 unspecified atom stereocenters. The van der Waals surface area contributed by atoms with E-state index in [0.29, 0.717) is 11.7 Å². The van der Waals surface area contributed by atoms with E-state index in [1.54, 1.807) is 0 Å². The summed E-state index contributed by atoms with van der Waals surface area (Å²) in [4.78, 5) is 12.3. The van der Waals surface area contributed by atoms with E-state index < -0.39 is 0 Å². The largest absolute Gasteiger partial charge is 0.483 e. The number of nitrogens with one attached hydrogen (secondary N) is 1. The molecular formula is C22H26N4O2S. The summed E-state index contributed by atoms with van der Waals surface area (Å²) in [6.07, 6.45) is -0.247. The minimum atomic E-state index is -0.247. The number of para-hydroxylation sites is 1. The van der Waals surface area contributed by atoms with Crippen LogP contribution in [0.15, 0.2) is 53.7 Å². The van der Waals surface area contributed by atoms with Crippen molar-refractivity contribution in [2.45, 2.75) is 45.5 Å². The number of hydrogen-bond donors (Lipinski definition) is 1. The van der Waals surface area contributed by atoms with E-state index >= 15 is 0 Å². The Kier molecular flexibility index (Phi) is 6.93. The predicted octanol–water partition coefficient (Wildman–Crippen LogP) is 4.79. The summed E-state index contributed by atoms with van der Waals surface area (Å²) in [6, 6.07) is 15.5. The fraction of sp³-hybridized carbons (Fsp3) is 0.318. The van der Waals surface area contributed by atoms with Gasteiger partial charge >= 0.3 is 0 Å². The Bertz CT molecular complexity index is 972. The lowest BCUT2D eigenvalue weighted by molar-refractivity contribution is -0.113. The molecule has 7 heteroatoms. The van der Waals surface area contributed by atoms with E-state index in [1.165, 1.54) is 17.3 Å². The lowest BCUT2D eigenvalue weighted by Gasteiger charge is -2.15. The second kappa shape index (κ2) is 9.60. The number of carbonyl (C=O) groups excluding carboxylic acids is 1. The van der Waals surface area contributed by atoms with Crippen LogP contribution < -0.4 is 10.1 Å². The van der Waals surface area contributed by atoms with Gasteiger partial charge in [-0.15, -0.1) is 10.2 Å². The van der Waals surface area contributed by atoms with Gasteiger partial charge in [0.1, 0.15) is 5.75 Å². The summed E-state index contributed by atoms with van der Waals surface area (Å²) in [7, 11) is 0. The number of hydrogen-bond acceptors (Lipinski definition) is 5. The number of ether oxygens (including phenoxy) is 1. The molecule has 1 heterocycles. The maximum atomic E-state index is 12.3. The van der Waals surface area contributed by atoms with Gasteiger partial charge in [-0.05, 0) is 63.1 Å². The molecule has 0 spiro atoms. The molecule has 2 aromatic carbocycles. The topological polar surface area (TPSA) is 69.0 Å². The Morgan fingerprint density at radius 1 is 1.14 bits per heavy atom. The molecule has 3 aromatic rings. The van der Waals surface area contributed by atoms with Crippen LogP contribution in [-0.2, 0) is 11.3 Å². The van der Waals surface area contributed by atoms with Crippen molar-refractivity contribution in [3.63, 3.8) is 0 Å². The summed E-state index contributed by atoms with van der Waals surface area (Å²) in [5, 5.41) is 12.2. The molecule has 29 heavy (non-hydrogen) atoms. The number of anilines is 1. The summed E-state index contributed by atoms with van der Waals surface area (Å²) in [5.41, 5.74) is 3.16. The van der Waals surface area contributed by atoms with E-state index in [4.69, 9.17) is 4.74 Å². The monoisotopic (exact) mass is 410 g/mol. The zero-order chi connectivity index (χ0) is 20.8. The number of carbonyl (C=O) groups is 1. The third-order valence-corrected chi connectivity index (χ3v) is 5.57. The van der Waals surface area contributed by atoms with Crippen LogP contribution in [0.4, 0.5) is 5.69 Å². The molecule has 152 valence electrons. The highest BCUT2D eigenvalue weighted by Gasteiger charge is 2.19. The maximum Gasteiger partial charge on any atom is 0.234 e. The standard InChI is InChI=1S/C22H26N4O2S/c1-5-26-21(17(4)28-19-9-7-6-8-10-19)24-25-22(26)29-14-20(27)23-18-12-11-15(2)16(3)13-18/h6-13,17H,5,14H2,1-4H3,(H,23,27). The van der Waals surface area contributed by atoms with Crippen molar-refractivity contribution < 1.29 is 9.53 Å². The molecule has 0 saturated carbocycles. The first-order valence-electron chi connectivity index (χ1n) is 9.62. The number of amides is 1. The fourth-order valence-corrected chi connectivity index (χ4v) is 3.72. The Labute approximate surface area is 175 Å². The van der Waals surface area contributed by atoms with Crippen molar-refractivity contribution in [1.82, 2.24) is 14.8 Å². The molecule has 0 radical (unpaired) electrons. The quantitative estimate of drug-likeness (QED) is 0.541. The van der Waals surface area contributed by atoms with E-state index in [2.05, 4.69) is 22.4 Å². The molecule has 6 nitrogen and oxygen atoms in total. The van der Waals surface area contributed by atoms with Crippen LogP contribution >= 0.6 is 11.8 Å². The van der Waals surface area contributed by atoms with Crippen molar-refractivity contribution in [3.05, 3.63) is 65.5 Å². The number of thioether (sulfide) groups is 1. The smallest absolute Gasteiger partial charge is 0.234 e. The van der Waals surface area contributed by atoms with Crippen LogP contribution in [0.3, 0.4) is 0 Å². The summed E-state index contributed by atoms with van der Waals surface area (Å²) >= 11 is 1.37. The van der Waals surface area contributed by atoms with Gasteiger partial charge in [0.2, 0.25) is 5.91 Å². The molecule has 0 aliphatic heterocycles. The Balaban J connectivity index is 1.62. The molecule has 0 saturated heterocycles. The first kappa shape index (κ1) is 20.9. The third kappa shape index (κ3) is 5.38. The van der Waals surface area contributed by atoms with Gasteiger partial charge < -0.3 is 14.6 Å². The molecule has 0 bridgehead atoms. The van der Waals surface area contributed by atoms with Crippen molar-refractivity contribution >= 4 is 23.4 Å². The zero-order valence-electron chi connectivity index (χ0n) is 17.2. The van der Waals surface area contributed by atoms with Gasteiger partial charge in [-0.3, -0.25) is 4.79 Å². The fourth-order valence-electron chi connectivity index (χ4n) is 2.91. The molecule has 0 fully saturated rings. The Hall–Kier alpha value is -2.80. The highest BCUT2D eigenvalue weighted by atomic mass is 32.2. The molecule has 0 aliphatic rings. The van der Waals surface area contributed by atoms with E-state index in [-0.39, 0.29) is 17.8 Å². The summed E-state index contributed by atoms with van der Waals surface area (Å²) in [6.45, 7) is 8.76. The van der Waals surface area contributed by atoms with Crippen molar-refractivity contribution in [2.75, 3.05) is 11.1 Å². The molecular weight excluding hydrogens is 384 g/mol. The SMILES string of the molecule is CCn1c(SCC(=O)Nc2ccc(C)c(C)c2)nnc1C(C)Oc1ccccc1. The average molecular weight is 411 g/mol. The predicted molar refractivity (Wildman–Crippen MR) is 116 cm³/mol. The molecule has 3 rings (SSSR count). The average Bonchev–Trinajstić information content (AvgIpc) is 3.13. The molecule has 1 amide bonds. The number of aryl methyl sites for hydroxylation is 2. The minimum absolute atomic E-state index is 0.0703. The lowest BCUT2D eigenvalue weighted by Crippen LogP contribution is -2.15. The minimum Gasteiger partial charge on any atom is -0.483 e. The molecule has 1 atom stereocenters. The van der Waals surface area contributed by atoms with Gasteiger partial charge in [-0.1, -0.05) is 36.0 Å². The second-order valence-corrected chi connectivity index (χ2v) is 7.74. The lowest BCUT2D eigenvalue weighted by atomic mass is 10.1. The van der Waals surface area contributed by atoms with Gasteiger partial charge in [0.05, 0.1) is 5.75 Å². The van der Waals surface area contributed by atoms with Crippen LogP contribution in [0.25, 0.3) is 0 Å². The van der Waals surface area contributed by atoms with E-state index in [9.17, 15) is 4.79 Å². The first-order chi connectivity index (χ1) is 14.0. The summed E-state index contributed by atoms with van der Waals surface area (Å²) in [5.74, 6) is 1.72. The number of benzene rings is 2. The second-order valence-electron chi connectivity index (χ2n) is 6.79. The third-order valence-electron chi connectivity index (χ3n) is 4.60. The molecule has 1 N–H and O–H groups in total. The first-order valence-corrected chi connectivity index (χ1v) is 10.6. The highest BCUT2D eigenvalue weighted by molar-refractivity contribution is 7.99.